The molecule has 0 fully saturated rings. The van der Waals surface area contributed by atoms with Crippen LogP contribution in [0.1, 0.15) is 30.3 Å². The molecule has 0 unspecified atom stereocenters. The maximum atomic E-state index is 13.2. The molecule has 1 aliphatic heterocycles. The van der Waals surface area contributed by atoms with Crippen molar-refractivity contribution in [3.63, 3.8) is 0 Å². The van der Waals surface area contributed by atoms with Gasteiger partial charge in [0, 0.05) is 10.6 Å². The fourth-order valence-electron chi connectivity index (χ4n) is 3.38. The number of hydrogen-bond donors (Lipinski definition) is 1. The van der Waals surface area contributed by atoms with Gasteiger partial charge in [0.15, 0.2) is 0 Å². The number of carbonyl (C=O) groups excluding carboxylic acids is 1. The minimum Gasteiger partial charge on any atom is -0.468 e. The molecule has 1 amide bonds. The van der Waals surface area contributed by atoms with E-state index in [9.17, 15) is 4.79 Å². The number of benzene rings is 2. The number of rotatable bonds is 5. The molecule has 5 heteroatoms. The Morgan fingerprint density at radius 2 is 1.93 bits per heavy atom. The van der Waals surface area contributed by atoms with Crippen LogP contribution in [0.2, 0.25) is 0 Å². The minimum absolute atomic E-state index is 0.0199. The topological polar surface area (TPSA) is 45.5 Å². The Hall–Kier alpha value is -2.50. The molecule has 2 atom stereocenters. The van der Waals surface area contributed by atoms with Crippen molar-refractivity contribution in [3.05, 3.63) is 84.3 Å². The molecule has 138 valence electrons. The van der Waals surface area contributed by atoms with Gasteiger partial charge in [0.05, 0.1) is 30.6 Å². The van der Waals surface area contributed by atoms with Crippen molar-refractivity contribution in [2.24, 2.45) is 0 Å². The summed E-state index contributed by atoms with van der Waals surface area (Å²) in [6, 6.07) is 22.2. The first kappa shape index (κ1) is 17.9. The molecule has 0 bridgehead atoms. The van der Waals surface area contributed by atoms with E-state index in [4.69, 9.17) is 4.42 Å². The van der Waals surface area contributed by atoms with Crippen LogP contribution in [0.4, 0.5) is 5.69 Å². The van der Waals surface area contributed by atoms with Crippen LogP contribution in [0.25, 0.3) is 0 Å². The molecule has 1 aromatic heterocycles. The zero-order valence-electron chi connectivity index (χ0n) is 15.2. The highest BCUT2D eigenvalue weighted by molar-refractivity contribution is 7.99. The van der Waals surface area contributed by atoms with Crippen LogP contribution >= 0.6 is 11.8 Å². The number of furan rings is 1. The molecule has 2 heterocycles. The maximum absolute atomic E-state index is 13.2. The van der Waals surface area contributed by atoms with Crippen LogP contribution in [-0.2, 0) is 4.79 Å². The number of para-hydroxylation sites is 1. The monoisotopic (exact) mass is 378 g/mol. The summed E-state index contributed by atoms with van der Waals surface area (Å²) in [5.74, 6) is 1.74. The van der Waals surface area contributed by atoms with Crippen LogP contribution < -0.4 is 10.2 Å². The van der Waals surface area contributed by atoms with E-state index in [0.29, 0.717) is 0 Å². The first-order valence-electron chi connectivity index (χ1n) is 9.09. The lowest BCUT2D eigenvalue weighted by Gasteiger charge is -2.37. The largest absolute Gasteiger partial charge is 0.468 e. The van der Waals surface area contributed by atoms with E-state index < -0.39 is 0 Å². The van der Waals surface area contributed by atoms with E-state index in [1.165, 1.54) is 0 Å². The molecular weight excluding hydrogens is 356 g/mol. The highest BCUT2D eigenvalue weighted by Crippen LogP contribution is 2.43. The second kappa shape index (κ2) is 8.03. The Bertz CT molecular complexity index is 896. The lowest BCUT2D eigenvalue weighted by molar-refractivity contribution is -0.118. The van der Waals surface area contributed by atoms with Crippen LogP contribution in [0, 0.1) is 0 Å². The molecule has 27 heavy (non-hydrogen) atoms. The molecule has 0 saturated carbocycles. The quantitative estimate of drug-likeness (QED) is 0.692. The molecular formula is C22H22N2O2S. The van der Waals surface area contributed by atoms with Crippen molar-refractivity contribution in [1.82, 2.24) is 5.32 Å². The number of carbonyl (C=O) groups is 1. The summed E-state index contributed by atoms with van der Waals surface area (Å²) in [7, 11) is 0. The Morgan fingerprint density at radius 1 is 1.15 bits per heavy atom. The molecule has 4 nitrogen and oxygen atoms in total. The van der Waals surface area contributed by atoms with Gasteiger partial charge >= 0.3 is 0 Å². The average molecular weight is 378 g/mol. The molecule has 1 aliphatic rings. The van der Waals surface area contributed by atoms with Crippen molar-refractivity contribution in [1.29, 1.82) is 0 Å². The minimum atomic E-state index is -0.0199. The van der Waals surface area contributed by atoms with Crippen LogP contribution in [-0.4, -0.2) is 18.2 Å². The number of nitrogens with zero attached hydrogens (tertiary/aromatic N) is 1. The van der Waals surface area contributed by atoms with Gasteiger partial charge in [0.2, 0.25) is 5.91 Å². The number of thioether (sulfide) groups is 1. The van der Waals surface area contributed by atoms with E-state index in [2.05, 4.69) is 23.5 Å². The Kier molecular flexibility index (Phi) is 5.32. The van der Waals surface area contributed by atoms with Gasteiger partial charge in [0.1, 0.15) is 5.76 Å². The SMILES string of the molecule is C[C@H](NCC(=O)N1c2ccccc2SC[C@@H]1c1ccccc1)c1ccco1. The second-order valence-electron chi connectivity index (χ2n) is 6.59. The summed E-state index contributed by atoms with van der Waals surface area (Å²) < 4.78 is 5.43. The molecule has 1 N–H and O–H groups in total. The first-order valence-corrected chi connectivity index (χ1v) is 10.1. The van der Waals surface area contributed by atoms with Gasteiger partial charge in [0.25, 0.3) is 0 Å². The number of hydrogen-bond acceptors (Lipinski definition) is 4. The normalized spacial score (nSPS) is 17.4. The van der Waals surface area contributed by atoms with Crippen molar-refractivity contribution >= 4 is 23.4 Å². The van der Waals surface area contributed by atoms with Crippen molar-refractivity contribution in [2.45, 2.75) is 23.9 Å². The van der Waals surface area contributed by atoms with E-state index in [1.54, 1.807) is 18.0 Å². The zero-order chi connectivity index (χ0) is 18.6. The van der Waals surface area contributed by atoms with Crippen LogP contribution in [0.3, 0.4) is 0 Å². The highest BCUT2D eigenvalue weighted by Gasteiger charge is 2.32. The zero-order valence-corrected chi connectivity index (χ0v) is 16.0. The predicted octanol–water partition coefficient (Wildman–Crippen LogP) is 4.81. The lowest BCUT2D eigenvalue weighted by Crippen LogP contribution is -2.43. The molecule has 2 aromatic carbocycles. The smallest absolute Gasteiger partial charge is 0.241 e. The molecule has 0 radical (unpaired) electrons. The summed E-state index contributed by atoms with van der Waals surface area (Å²) in [6.45, 7) is 2.25. The standard InChI is InChI=1S/C22H22N2O2S/c1-16(20-11-7-13-26-20)23-14-22(25)24-18-10-5-6-12-21(18)27-15-19(24)17-8-3-2-4-9-17/h2-13,16,19,23H,14-15H2,1H3/t16-,19+/m0/s1. The third kappa shape index (κ3) is 3.80. The lowest BCUT2D eigenvalue weighted by atomic mass is 10.1. The van der Waals surface area contributed by atoms with Gasteiger partial charge in [-0.2, -0.15) is 0 Å². The predicted molar refractivity (Wildman–Crippen MR) is 109 cm³/mol. The molecule has 3 aromatic rings. The Balaban J connectivity index is 1.58. The number of fused-ring (bicyclic) bond motifs is 1. The van der Waals surface area contributed by atoms with Crippen molar-refractivity contribution in [2.75, 3.05) is 17.2 Å². The summed E-state index contributed by atoms with van der Waals surface area (Å²) in [4.78, 5) is 16.3. The van der Waals surface area contributed by atoms with Crippen LogP contribution in [0.15, 0.2) is 82.3 Å². The summed E-state index contributed by atoms with van der Waals surface area (Å²) in [5.41, 5.74) is 2.15. The molecule has 0 aliphatic carbocycles. The summed E-state index contributed by atoms with van der Waals surface area (Å²) in [6.07, 6.45) is 1.65. The Labute approximate surface area is 163 Å². The van der Waals surface area contributed by atoms with E-state index in [-0.39, 0.29) is 24.5 Å². The molecule has 0 spiro atoms. The van der Waals surface area contributed by atoms with Crippen molar-refractivity contribution in [3.8, 4) is 0 Å². The van der Waals surface area contributed by atoms with Gasteiger partial charge in [-0.15, -0.1) is 11.8 Å². The fraction of sp³-hybridized carbons (Fsp3) is 0.227. The van der Waals surface area contributed by atoms with E-state index in [1.807, 2.05) is 60.4 Å². The average Bonchev–Trinajstić information content (AvgIpc) is 3.26. The fourth-order valence-corrected chi connectivity index (χ4v) is 4.55. The molecule has 0 saturated heterocycles. The summed E-state index contributed by atoms with van der Waals surface area (Å²) >= 11 is 1.81. The third-order valence-electron chi connectivity index (χ3n) is 4.82. The van der Waals surface area contributed by atoms with E-state index >= 15 is 0 Å². The Morgan fingerprint density at radius 3 is 2.70 bits per heavy atom. The van der Waals surface area contributed by atoms with Gasteiger partial charge in [-0.1, -0.05) is 42.5 Å². The second-order valence-corrected chi connectivity index (χ2v) is 7.65. The number of anilines is 1. The molecule has 4 rings (SSSR count). The first-order chi connectivity index (χ1) is 13.2. The van der Waals surface area contributed by atoms with Gasteiger partial charge in [-0.25, -0.2) is 0 Å². The maximum Gasteiger partial charge on any atom is 0.241 e. The van der Waals surface area contributed by atoms with Crippen molar-refractivity contribution < 1.29 is 9.21 Å². The van der Waals surface area contributed by atoms with Gasteiger partial charge in [-0.05, 0) is 36.8 Å². The number of amides is 1. The van der Waals surface area contributed by atoms with Gasteiger partial charge in [-0.3, -0.25) is 10.1 Å². The highest BCUT2D eigenvalue weighted by atomic mass is 32.2. The van der Waals surface area contributed by atoms with E-state index in [0.717, 1.165) is 27.7 Å². The van der Waals surface area contributed by atoms with Crippen LogP contribution in [0.5, 0.6) is 0 Å². The third-order valence-corrected chi connectivity index (χ3v) is 5.95. The van der Waals surface area contributed by atoms with Gasteiger partial charge < -0.3 is 9.32 Å². The summed E-state index contributed by atoms with van der Waals surface area (Å²) in [5, 5.41) is 3.29. The number of nitrogens with one attached hydrogen (secondary N) is 1.